The van der Waals surface area contributed by atoms with E-state index in [9.17, 15) is 0 Å². The second-order valence-electron chi connectivity index (χ2n) is 4.49. The summed E-state index contributed by atoms with van der Waals surface area (Å²) in [5.74, 6) is 1.05. The fourth-order valence-corrected chi connectivity index (χ4v) is 2.48. The van der Waals surface area contributed by atoms with Crippen LogP contribution in [0.5, 0.6) is 0 Å². The van der Waals surface area contributed by atoms with Crippen LogP contribution in [0.25, 0.3) is 0 Å². The summed E-state index contributed by atoms with van der Waals surface area (Å²) in [6.45, 7) is 2.29. The number of likely N-dealkylation sites (N-methyl/N-ethyl adjacent to an activating group) is 1. The van der Waals surface area contributed by atoms with Crippen molar-refractivity contribution in [1.82, 2.24) is 5.32 Å². The molecular weight excluding hydrogens is 214 g/mol. The third kappa shape index (κ3) is 1.96. The molecule has 90 valence electrons. The standard InChI is InChI=1S/C14H17NO2/c1-15-14(13-3-2-6-17-13)10-4-5-11-8-16-9-12(11)7-10/h3-5,7,14-15H,2,6,8-9H2,1H3. The molecule has 1 unspecified atom stereocenters. The van der Waals surface area contributed by atoms with E-state index in [2.05, 4.69) is 29.6 Å². The molecule has 2 heterocycles. The molecule has 0 saturated heterocycles. The molecule has 0 fully saturated rings. The molecule has 1 atom stereocenters. The Labute approximate surface area is 101 Å². The third-order valence-corrected chi connectivity index (χ3v) is 3.38. The molecule has 0 saturated carbocycles. The van der Waals surface area contributed by atoms with Gasteiger partial charge in [0.1, 0.15) is 5.76 Å². The highest BCUT2D eigenvalue weighted by Gasteiger charge is 2.21. The number of ether oxygens (including phenoxy) is 2. The molecule has 3 rings (SSSR count). The molecular formula is C14H17NO2. The van der Waals surface area contributed by atoms with Gasteiger partial charge in [0.15, 0.2) is 0 Å². The first-order valence-electron chi connectivity index (χ1n) is 6.08. The van der Waals surface area contributed by atoms with Crippen LogP contribution in [0.3, 0.4) is 0 Å². The molecule has 0 spiro atoms. The molecule has 17 heavy (non-hydrogen) atoms. The summed E-state index contributed by atoms with van der Waals surface area (Å²) in [5, 5.41) is 3.32. The summed E-state index contributed by atoms with van der Waals surface area (Å²) in [6.07, 6.45) is 3.19. The van der Waals surface area contributed by atoms with E-state index in [0.29, 0.717) is 0 Å². The highest BCUT2D eigenvalue weighted by Crippen LogP contribution is 2.29. The minimum atomic E-state index is 0.170. The average molecular weight is 231 g/mol. The van der Waals surface area contributed by atoms with Crippen molar-refractivity contribution in [2.24, 2.45) is 0 Å². The van der Waals surface area contributed by atoms with Gasteiger partial charge >= 0.3 is 0 Å². The van der Waals surface area contributed by atoms with Crippen LogP contribution < -0.4 is 5.32 Å². The number of rotatable bonds is 3. The van der Waals surface area contributed by atoms with Crippen molar-refractivity contribution in [3.05, 3.63) is 46.7 Å². The van der Waals surface area contributed by atoms with Crippen LogP contribution in [-0.4, -0.2) is 13.7 Å². The van der Waals surface area contributed by atoms with E-state index in [4.69, 9.17) is 9.47 Å². The van der Waals surface area contributed by atoms with Gasteiger partial charge in [0.05, 0.1) is 25.9 Å². The number of benzene rings is 1. The summed E-state index contributed by atoms with van der Waals surface area (Å²) in [6, 6.07) is 6.73. The van der Waals surface area contributed by atoms with Gasteiger partial charge in [-0.2, -0.15) is 0 Å². The highest BCUT2D eigenvalue weighted by atomic mass is 16.5. The molecule has 2 aliphatic heterocycles. The monoisotopic (exact) mass is 231 g/mol. The van der Waals surface area contributed by atoms with Gasteiger partial charge in [-0.1, -0.05) is 18.2 Å². The Kier molecular flexibility index (Phi) is 2.87. The summed E-state index contributed by atoms with van der Waals surface area (Å²) in [4.78, 5) is 0. The van der Waals surface area contributed by atoms with Gasteiger partial charge in [-0.05, 0) is 29.8 Å². The second-order valence-corrected chi connectivity index (χ2v) is 4.49. The number of nitrogens with one attached hydrogen (secondary N) is 1. The summed E-state index contributed by atoms with van der Waals surface area (Å²) < 4.78 is 11.1. The van der Waals surface area contributed by atoms with Crippen LogP contribution in [0.2, 0.25) is 0 Å². The van der Waals surface area contributed by atoms with Crippen LogP contribution in [0.1, 0.15) is 29.2 Å². The van der Waals surface area contributed by atoms with Crippen LogP contribution in [0, 0.1) is 0 Å². The lowest BCUT2D eigenvalue weighted by Gasteiger charge is -2.18. The van der Waals surface area contributed by atoms with E-state index in [-0.39, 0.29) is 6.04 Å². The largest absolute Gasteiger partial charge is 0.496 e. The van der Waals surface area contributed by atoms with Gasteiger partial charge in [0.2, 0.25) is 0 Å². The number of hydrogen-bond acceptors (Lipinski definition) is 3. The van der Waals surface area contributed by atoms with Crippen LogP contribution >= 0.6 is 0 Å². The first kappa shape index (κ1) is 10.8. The maximum absolute atomic E-state index is 5.65. The fourth-order valence-electron chi connectivity index (χ4n) is 2.48. The number of hydrogen-bond donors (Lipinski definition) is 1. The van der Waals surface area contributed by atoms with Crippen molar-refractivity contribution in [3.8, 4) is 0 Å². The van der Waals surface area contributed by atoms with Gasteiger partial charge in [-0.3, -0.25) is 0 Å². The Morgan fingerprint density at radius 1 is 1.24 bits per heavy atom. The zero-order valence-electron chi connectivity index (χ0n) is 10.0. The minimum absolute atomic E-state index is 0.170. The van der Waals surface area contributed by atoms with Crippen LogP contribution in [0.15, 0.2) is 30.0 Å². The Bertz CT molecular complexity index is 454. The smallest absolute Gasteiger partial charge is 0.114 e. The molecule has 1 aromatic rings. The van der Waals surface area contributed by atoms with Gasteiger partial charge in [0, 0.05) is 6.42 Å². The third-order valence-electron chi connectivity index (χ3n) is 3.38. The normalized spacial score (nSPS) is 19.7. The van der Waals surface area contributed by atoms with Crippen LogP contribution in [-0.2, 0) is 22.7 Å². The topological polar surface area (TPSA) is 30.5 Å². The van der Waals surface area contributed by atoms with Gasteiger partial charge in [-0.25, -0.2) is 0 Å². The van der Waals surface area contributed by atoms with Crippen molar-refractivity contribution in [2.75, 3.05) is 13.7 Å². The lowest BCUT2D eigenvalue weighted by Crippen LogP contribution is -2.19. The van der Waals surface area contributed by atoms with E-state index < -0.39 is 0 Å². The zero-order chi connectivity index (χ0) is 11.7. The van der Waals surface area contributed by atoms with E-state index >= 15 is 0 Å². The summed E-state index contributed by atoms with van der Waals surface area (Å²) in [5.41, 5.74) is 3.87. The van der Waals surface area contributed by atoms with E-state index in [1.54, 1.807) is 0 Å². The first-order chi connectivity index (χ1) is 8.38. The fraction of sp³-hybridized carbons (Fsp3) is 0.429. The Morgan fingerprint density at radius 3 is 2.88 bits per heavy atom. The summed E-state index contributed by atoms with van der Waals surface area (Å²) in [7, 11) is 1.97. The molecule has 1 aromatic carbocycles. The average Bonchev–Trinajstić information content (AvgIpc) is 2.99. The first-order valence-corrected chi connectivity index (χ1v) is 6.08. The lowest BCUT2D eigenvalue weighted by molar-refractivity contribution is 0.134. The van der Waals surface area contributed by atoms with Crippen molar-refractivity contribution < 1.29 is 9.47 Å². The maximum Gasteiger partial charge on any atom is 0.114 e. The molecule has 3 nitrogen and oxygen atoms in total. The Hall–Kier alpha value is -1.32. The van der Waals surface area contributed by atoms with E-state index in [1.807, 2.05) is 7.05 Å². The van der Waals surface area contributed by atoms with Crippen LogP contribution in [0.4, 0.5) is 0 Å². The lowest BCUT2D eigenvalue weighted by atomic mass is 10.00. The van der Waals surface area contributed by atoms with E-state index in [0.717, 1.165) is 32.0 Å². The highest BCUT2D eigenvalue weighted by molar-refractivity contribution is 5.37. The molecule has 1 N–H and O–H groups in total. The second kappa shape index (κ2) is 4.51. The minimum Gasteiger partial charge on any atom is -0.496 e. The zero-order valence-corrected chi connectivity index (χ0v) is 10.0. The van der Waals surface area contributed by atoms with Crippen molar-refractivity contribution in [1.29, 1.82) is 0 Å². The number of fused-ring (bicyclic) bond motifs is 1. The molecule has 0 bridgehead atoms. The molecule has 0 aliphatic carbocycles. The Morgan fingerprint density at radius 2 is 2.12 bits per heavy atom. The van der Waals surface area contributed by atoms with Gasteiger partial charge in [0.25, 0.3) is 0 Å². The SMILES string of the molecule is CNC(C1=CCCO1)c1ccc2c(c1)COC2. The van der Waals surface area contributed by atoms with E-state index in [1.165, 1.54) is 16.7 Å². The van der Waals surface area contributed by atoms with Crippen molar-refractivity contribution >= 4 is 0 Å². The predicted octanol–water partition coefficient (Wildman–Crippen LogP) is 2.28. The molecule has 0 aromatic heterocycles. The van der Waals surface area contributed by atoms with Crippen molar-refractivity contribution in [3.63, 3.8) is 0 Å². The van der Waals surface area contributed by atoms with Crippen molar-refractivity contribution in [2.45, 2.75) is 25.7 Å². The van der Waals surface area contributed by atoms with Gasteiger partial charge in [-0.15, -0.1) is 0 Å². The molecule has 0 radical (unpaired) electrons. The van der Waals surface area contributed by atoms with Gasteiger partial charge < -0.3 is 14.8 Å². The quantitative estimate of drug-likeness (QED) is 0.865. The molecule has 0 amide bonds. The molecule has 2 aliphatic rings. The maximum atomic E-state index is 5.65. The summed E-state index contributed by atoms with van der Waals surface area (Å²) >= 11 is 0. The Balaban J connectivity index is 1.91. The predicted molar refractivity (Wildman–Crippen MR) is 65.4 cm³/mol. The molecule has 3 heteroatoms.